The summed E-state index contributed by atoms with van der Waals surface area (Å²) in [5, 5.41) is 18.4. The van der Waals surface area contributed by atoms with Crippen LogP contribution in [0.15, 0.2) is 45.5 Å². The van der Waals surface area contributed by atoms with Crippen molar-refractivity contribution in [3.05, 3.63) is 45.4 Å². The lowest BCUT2D eigenvalue weighted by Gasteiger charge is -2.11. The number of carbonyl (C=O) groups is 1. The Balaban J connectivity index is 2.12. The van der Waals surface area contributed by atoms with Gasteiger partial charge in [0.25, 0.3) is 6.04 Å². The van der Waals surface area contributed by atoms with E-state index in [2.05, 4.69) is 10.2 Å². The van der Waals surface area contributed by atoms with Crippen LogP contribution in [-0.4, -0.2) is 36.2 Å². The number of rotatable bonds is 5. The highest BCUT2D eigenvalue weighted by molar-refractivity contribution is 8.04. The maximum absolute atomic E-state index is 11.3. The van der Waals surface area contributed by atoms with Crippen molar-refractivity contribution < 1.29 is 9.72 Å². The minimum absolute atomic E-state index is 0.190. The third-order valence-corrected chi connectivity index (χ3v) is 4.40. The summed E-state index contributed by atoms with van der Waals surface area (Å²) in [7, 11) is 3.87. The first-order valence-corrected chi connectivity index (χ1v) is 7.47. The Morgan fingerprint density at radius 2 is 1.95 bits per heavy atom. The highest BCUT2D eigenvalue weighted by Gasteiger charge is 2.38. The van der Waals surface area contributed by atoms with Crippen LogP contribution in [0.1, 0.15) is 6.92 Å². The quantitative estimate of drug-likeness (QED) is 0.472. The maximum Gasteiger partial charge on any atom is 0.266 e. The van der Waals surface area contributed by atoms with Gasteiger partial charge in [0.2, 0.25) is 0 Å². The maximum atomic E-state index is 11.3. The summed E-state index contributed by atoms with van der Waals surface area (Å²) in [6.07, 6.45) is 1.35. The lowest BCUT2D eigenvalue weighted by atomic mass is 10.2. The SMILES string of the molecule is CC(=O)C1=CC([N+](=O)[O-])C(N=Nc2ccc(N(C)C)cc2)S1. The van der Waals surface area contributed by atoms with Gasteiger partial charge < -0.3 is 4.90 Å². The van der Waals surface area contributed by atoms with E-state index in [4.69, 9.17) is 0 Å². The average Bonchev–Trinajstić information content (AvgIpc) is 2.90. The van der Waals surface area contributed by atoms with Gasteiger partial charge in [-0.15, -0.1) is 0 Å². The van der Waals surface area contributed by atoms with E-state index >= 15 is 0 Å². The van der Waals surface area contributed by atoms with Gasteiger partial charge in [-0.3, -0.25) is 14.9 Å². The fraction of sp³-hybridized carbons (Fsp3) is 0.357. The minimum Gasteiger partial charge on any atom is -0.378 e. The van der Waals surface area contributed by atoms with Crippen molar-refractivity contribution >= 4 is 28.9 Å². The zero-order chi connectivity index (χ0) is 16.3. The topological polar surface area (TPSA) is 88.2 Å². The summed E-state index contributed by atoms with van der Waals surface area (Å²) < 4.78 is 0. The van der Waals surface area contributed by atoms with Crippen molar-refractivity contribution in [2.75, 3.05) is 19.0 Å². The molecule has 0 aromatic heterocycles. The molecule has 0 radical (unpaired) electrons. The molecule has 0 amide bonds. The normalized spacial score (nSPS) is 21.0. The third kappa shape index (κ3) is 3.70. The van der Waals surface area contributed by atoms with E-state index in [1.165, 1.54) is 13.0 Å². The van der Waals surface area contributed by atoms with Gasteiger partial charge in [-0.25, -0.2) is 0 Å². The molecule has 1 aromatic rings. The molecule has 2 unspecified atom stereocenters. The molecule has 2 atom stereocenters. The summed E-state index contributed by atoms with van der Waals surface area (Å²) in [6.45, 7) is 1.38. The summed E-state index contributed by atoms with van der Waals surface area (Å²) in [5.74, 6) is -0.190. The molecule has 1 heterocycles. The van der Waals surface area contributed by atoms with Crippen LogP contribution in [0, 0.1) is 10.1 Å². The average molecular weight is 320 g/mol. The van der Waals surface area contributed by atoms with Gasteiger partial charge in [-0.05, 0) is 31.2 Å². The Bertz CT molecular complexity index is 640. The molecule has 22 heavy (non-hydrogen) atoms. The van der Waals surface area contributed by atoms with Crippen molar-refractivity contribution in [1.29, 1.82) is 0 Å². The number of allylic oxidation sites excluding steroid dienone is 1. The summed E-state index contributed by atoms with van der Waals surface area (Å²) in [4.78, 5) is 24.3. The van der Waals surface area contributed by atoms with Gasteiger partial charge in [0.15, 0.2) is 11.2 Å². The van der Waals surface area contributed by atoms with Crippen LogP contribution < -0.4 is 4.90 Å². The number of Topliss-reactive ketones (excluding diaryl/α,β-unsaturated/α-hetero) is 1. The van der Waals surface area contributed by atoms with E-state index in [1.54, 1.807) is 12.1 Å². The van der Waals surface area contributed by atoms with E-state index in [-0.39, 0.29) is 5.78 Å². The predicted octanol–water partition coefficient (Wildman–Crippen LogP) is 3.03. The van der Waals surface area contributed by atoms with Gasteiger partial charge in [0, 0.05) is 30.8 Å². The van der Waals surface area contributed by atoms with E-state index < -0.39 is 16.3 Å². The Morgan fingerprint density at radius 1 is 1.32 bits per heavy atom. The first-order chi connectivity index (χ1) is 10.4. The molecular formula is C14H16N4O3S. The van der Waals surface area contributed by atoms with Crippen LogP contribution in [0.2, 0.25) is 0 Å². The number of azo groups is 1. The highest BCUT2D eigenvalue weighted by atomic mass is 32.2. The van der Waals surface area contributed by atoms with Gasteiger partial charge in [0.05, 0.1) is 10.6 Å². The number of anilines is 1. The fourth-order valence-electron chi connectivity index (χ4n) is 1.87. The lowest BCUT2D eigenvalue weighted by molar-refractivity contribution is -0.508. The smallest absolute Gasteiger partial charge is 0.266 e. The molecule has 0 bridgehead atoms. The number of nitrogens with zero attached hydrogens (tertiary/aromatic N) is 4. The monoisotopic (exact) mass is 320 g/mol. The summed E-state index contributed by atoms with van der Waals surface area (Å²) >= 11 is 1.08. The van der Waals surface area contributed by atoms with E-state index in [1.807, 2.05) is 31.1 Å². The van der Waals surface area contributed by atoms with E-state index in [0.29, 0.717) is 10.6 Å². The molecule has 1 aromatic carbocycles. The molecular weight excluding hydrogens is 304 g/mol. The molecule has 1 aliphatic heterocycles. The Labute approximate surface area is 132 Å². The van der Waals surface area contributed by atoms with Crippen molar-refractivity contribution in [3.63, 3.8) is 0 Å². The number of hydrogen-bond acceptors (Lipinski definition) is 7. The zero-order valence-electron chi connectivity index (χ0n) is 12.5. The second-order valence-electron chi connectivity index (χ2n) is 5.00. The minimum atomic E-state index is -1.02. The predicted molar refractivity (Wildman–Crippen MR) is 86.2 cm³/mol. The Morgan fingerprint density at radius 3 is 2.45 bits per heavy atom. The number of nitro groups is 1. The molecule has 0 aliphatic carbocycles. The fourth-order valence-corrected chi connectivity index (χ4v) is 2.93. The van der Waals surface area contributed by atoms with Crippen LogP contribution in [-0.2, 0) is 4.79 Å². The third-order valence-electron chi connectivity index (χ3n) is 3.11. The van der Waals surface area contributed by atoms with Crippen LogP contribution in [0.4, 0.5) is 11.4 Å². The van der Waals surface area contributed by atoms with Crippen LogP contribution >= 0.6 is 11.8 Å². The molecule has 0 saturated heterocycles. The van der Waals surface area contributed by atoms with Crippen molar-refractivity contribution in [2.45, 2.75) is 18.3 Å². The van der Waals surface area contributed by atoms with Gasteiger partial charge >= 0.3 is 0 Å². The molecule has 2 rings (SSSR count). The molecule has 116 valence electrons. The molecule has 8 heteroatoms. The summed E-state index contributed by atoms with van der Waals surface area (Å²) in [6, 6.07) is 6.34. The lowest BCUT2D eigenvalue weighted by Crippen LogP contribution is -2.24. The molecule has 0 spiro atoms. The van der Waals surface area contributed by atoms with Crippen LogP contribution in [0.25, 0.3) is 0 Å². The second-order valence-corrected chi connectivity index (χ2v) is 6.16. The van der Waals surface area contributed by atoms with Crippen molar-refractivity contribution in [3.8, 4) is 0 Å². The number of hydrogen-bond donors (Lipinski definition) is 0. The van der Waals surface area contributed by atoms with Gasteiger partial charge in [0.1, 0.15) is 0 Å². The van der Waals surface area contributed by atoms with E-state index in [0.717, 1.165) is 17.4 Å². The standard InChI is InChI=1S/C14H16N4O3S/c1-9(19)13-8-12(18(20)21)14(22-13)16-15-10-4-6-11(7-5-10)17(2)3/h4-8,12,14H,1-3H3. The van der Waals surface area contributed by atoms with Crippen molar-refractivity contribution in [1.82, 2.24) is 0 Å². The summed E-state index contributed by atoms with van der Waals surface area (Å²) in [5.41, 5.74) is 1.64. The Kier molecular flexibility index (Phi) is 4.92. The molecule has 7 nitrogen and oxygen atoms in total. The largest absolute Gasteiger partial charge is 0.378 e. The number of ketones is 1. The van der Waals surface area contributed by atoms with Gasteiger partial charge in [-0.2, -0.15) is 10.2 Å². The van der Waals surface area contributed by atoms with Crippen LogP contribution in [0.3, 0.4) is 0 Å². The van der Waals surface area contributed by atoms with Crippen LogP contribution in [0.5, 0.6) is 0 Å². The Hall–Kier alpha value is -2.22. The molecule has 0 saturated carbocycles. The number of thioether (sulfide) groups is 1. The first kappa shape index (κ1) is 16.2. The molecule has 0 N–H and O–H groups in total. The van der Waals surface area contributed by atoms with E-state index in [9.17, 15) is 14.9 Å². The first-order valence-electron chi connectivity index (χ1n) is 6.59. The van der Waals surface area contributed by atoms with Gasteiger partial charge in [-0.1, -0.05) is 11.8 Å². The molecule has 0 fully saturated rings. The second kappa shape index (κ2) is 6.69. The zero-order valence-corrected chi connectivity index (χ0v) is 13.3. The number of carbonyl (C=O) groups excluding carboxylic acids is 1. The highest BCUT2D eigenvalue weighted by Crippen LogP contribution is 2.36. The molecule has 1 aliphatic rings. The number of benzene rings is 1. The van der Waals surface area contributed by atoms with Crippen molar-refractivity contribution in [2.24, 2.45) is 10.2 Å².